The summed E-state index contributed by atoms with van der Waals surface area (Å²) in [4.78, 5) is 43.1. The zero-order chi connectivity index (χ0) is 19.6. The highest BCUT2D eigenvalue weighted by Crippen LogP contribution is 2.21. The first-order chi connectivity index (χ1) is 12.9. The number of hydrogen-bond acceptors (Lipinski definition) is 6. The smallest absolute Gasteiger partial charge is 0.332 e. The zero-order valence-corrected chi connectivity index (χ0v) is 15.0. The summed E-state index contributed by atoms with van der Waals surface area (Å²) in [6.07, 6.45) is 0. The maximum atomic E-state index is 12.2. The fraction of sp³-hybridized carbons (Fsp3) is 0.294. The Hall–Kier alpha value is -3.40. The summed E-state index contributed by atoms with van der Waals surface area (Å²) in [7, 11) is 2.97. The van der Waals surface area contributed by atoms with Gasteiger partial charge in [-0.15, -0.1) is 0 Å². The number of nitrogens with two attached hydrogens (primary N) is 1. The van der Waals surface area contributed by atoms with Crippen molar-refractivity contribution in [2.45, 2.75) is 0 Å². The van der Waals surface area contributed by atoms with Crippen molar-refractivity contribution in [2.75, 3.05) is 19.7 Å². The Kier molecular flexibility index (Phi) is 5.08. The lowest BCUT2D eigenvalue weighted by atomic mass is 10.2. The van der Waals surface area contributed by atoms with Crippen LogP contribution in [-0.4, -0.2) is 44.7 Å². The highest BCUT2D eigenvalue weighted by molar-refractivity contribution is 5.77. The normalized spacial score (nSPS) is 10.9. The number of hydrogen-bond donors (Lipinski definition) is 3. The van der Waals surface area contributed by atoms with Gasteiger partial charge < -0.3 is 20.8 Å². The second kappa shape index (κ2) is 7.46. The molecule has 3 rings (SSSR count). The lowest BCUT2D eigenvalue weighted by Crippen LogP contribution is -2.36. The van der Waals surface area contributed by atoms with E-state index in [0.717, 1.165) is 4.57 Å². The molecule has 1 amide bonds. The van der Waals surface area contributed by atoms with E-state index in [2.05, 4.69) is 15.3 Å². The van der Waals surface area contributed by atoms with Crippen LogP contribution in [0.5, 0.6) is 5.75 Å². The summed E-state index contributed by atoms with van der Waals surface area (Å²) in [6, 6.07) is 6.87. The lowest BCUT2D eigenvalue weighted by Gasteiger charge is -2.07. The quantitative estimate of drug-likeness (QED) is 0.512. The lowest BCUT2D eigenvalue weighted by molar-refractivity contribution is -0.123. The summed E-state index contributed by atoms with van der Waals surface area (Å²) in [5, 5.41) is 2.61. The monoisotopic (exact) mass is 372 g/mol. The number of nitrogens with zero attached hydrogens (tertiary/aromatic N) is 3. The van der Waals surface area contributed by atoms with Gasteiger partial charge in [0.2, 0.25) is 0 Å². The summed E-state index contributed by atoms with van der Waals surface area (Å²) < 4.78 is 7.74. The van der Waals surface area contributed by atoms with Gasteiger partial charge in [-0.25, -0.2) is 9.78 Å². The number of amides is 1. The largest absolute Gasteiger partial charge is 0.484 e. The molecule has 3 aromatic rings. The number of carbonyl (C=O) groups excluding carboxylic acids is 1. The SMILES string of the molecule is Cn1c(=O)c2[nH]c(-c3ccc(OCC(=O)NCCN)cc3)nc2n(C)c1=O. The van der Waals surface area contributed by atoms with E-state index >= 15 is 0 Å². The Morgan fingerprint density at radius 3 is 2.59 bits per heavy atom. The Morgan fingerprint density at radius 1 is 1.22 bits per heavy atom. The molecule has 2 aromatic heterocycles. The van der Waals surface area contributed by atoms with Crippen molar-refractivity contribution in [3.05, 3.63) is 45.1 Å². The molecule has 142 valence electrons. The van der Waals surface area contributed by atoms with Crippen molar-refractivity contribution in [3.63, 3.8) is 0 Å². The van der Waals surface area contributed by atoms with E-state index in [1.165, 1.54) is 11.6 Å². The molecule has 0 fully saturated rings. The van der Waals surface area contributed by atoms with Crippen LogP contribution in [0.15, 0.2) is 33.9 Å². The fourth-order valence-electron chi connectivity index (χ4n) is 2.58. The van der Waals surface area contributed by atoms with Crippen LogP contribution in [0.1, 0.15) is 0 Å². The number of imidazole rings is 1. The number of aromatic amines is 1. The van der Waals surface area contributed by atoms with Crippen molar-refractivity contribution in [2.24, 2.45) is 19.8 Å². The predicted octanol–water partition coefficient (Wildman–Crippen LogP) is -0.919. The van der Waals surface area contributed by atoms with Crippen LogP contribution >= 0.6 is 0 Å². The number of ether oxygens (including phenoxy) is 1. The van der Waals surface area contributed by atoms with E-state index in [-0.39, 0.29) is 23.7 Å². The molecular weight excluding hydrogens is 352 g/mol. The summed E-state index contributed by atoms with van der Waals surface area (Å²) in [5.74, 6) is 0.718. The molecule has 0 unspecified atom stereocenters. The molecule has 0 bridgehead atoms. The Bertz CT molecular complexity index is 1090. The zero-order valence-electron chi connectivity index (χ0n) is 15.0. The minimum Gasteiger partial charge on any atom is -0.484 e. The van der Waals surface area contributed by atoms with Crippen molar-refractivity contribution in [1.82, 2.24) is 24.4 Å². The first-order valence-electron chi connectivity index (χ1n) is 8.28. The van der Waals surface area contributed by atoms with Crippen LogP contribution in [0, 0.1) is 0 Å². The number of H-pyrrole nitrogens is 1. The molecule has 10 heteroatoms. The predicted molar refractivity (Wildman–Crippen MR) is 99.6 cm³/mol. The molecule has 0 saturated heterocycles. The van der Waals surface area contributed by atoms with Crippen LogP contribution in [0.25, 0.3) is 22.6 Å². The Morgan fingerprint density at radius 2 is 1.93 bits per heavy atom. The third-order valence-corrected chi connectivity index (χ3v) is 4.06. The average Bonchev–Trinajstić information content (AvgIpc) is 3.13. The topological polar surface area (TPSA) is 137 Å². The molecule has 4 N–H and O–H groups in total. The minimum atomic E-state index is -0.442. The van der Waals surface area contributed by atoms with Crippen molar-refractivity contribution >= 4 is 17.1 Å². The molecule has 10 nitrogen and oxygen atoms in total. The van der Waals surface area contributed by atoms with Gasteiger partial charge in [-0.05, 0) is 24.3 Å². The average molecular weight is 372 g/mol. The molecule has 1 aromatic carbocycles. The van der Waals surface area contributed by atoms with Crippen molar-refractivity contribution in [3.8, 4) is 17.1 Å². The van der Waals surface area contributed by atoms with Gasteiger partial charge in [0.1, 0.15) is 17.1 Å². The van der Waals surface area contributed by atoms with E-state index in [4.69, 9.17) is 10.5 Å². The maximum absolute atomic E-state index is 12.2. The number of aromatic nitrogens is 4. The second-order valence-electron chi connectivity index (χ2n) is 5.94. The molecule has 0 spiro atoms. The first kappa shape index (κ1) is 18.4. The molecule has 27 heavy (non-hydrogen) atoms. The first-order valence-corrected chi connectivity index (χ1v) is 8.28. The Labute approximate surface area is 153 Å². The van der Waals surface area contributed by atoms with Crippen LogP contribution in [-0.2, 0) is 18.9 Å². The van der Waals surface area contributed by atoms with Gasteiger partial charge in [-0.1, -0.05) is 0 Å². The van der Waals surface area contributed by atoms with Gasteiger partial charge in [-0.2, -0.15) is 0 Å². The fourth-order valence-corrected chi connectivity index (χ4v) is 2.58. The second-order valence-corrected chi connectivity index (χ2v) is 5.94. The van der Waals surface area contributed by atoms with E-state index in [9.17, 15) is 14.4 Å². The number of fused-ring (bicyclic) bond motifs is 1. The third-order valence-electron chi connectivity index (χ3n) is 4.06. The van der Waals surface area contributed by atoms with E-state index < -0.39 is 11.2 Å². The molecule has 0 atom stereocenters. The maximum Gasteiger partial charge on any atom is 0.332 e. The molecule has 0 aliphatic carbocycles. The van der Waals surface area contributed by atoms with E-state index in [1.807, 2.05) is 0 Å². The number of carbonyl (C=O) groups is 1. The van der Waals surface area contributed by atoms with Crippen LogP contribution in [0.2, 0.25) is 0 Å². The highest BCUT2D eigenvalue weighted by Gasteiger charge is 2.14. The van der Waals surface area contributed by atoms with Gasteiger partial charge in [0.15, 0.2) is 12.3 Å². The molecule has 0 aliphatic heterocycles. The van der Waals surface area contributed by atoms with Crippen molar-refractivity contribution in [1.29, 1.82) is 0 Å². The van der Waals surface area contributed by atoms with Gasteiger partial charge in [0, 0.05) is 32.7 Å². The summed E-state index contributed by atoms with van der Waals surface area (Å²) >= 11 is 0. The Balaban J connectivity index is 1.82. The highest BCUT2D eigenvalue weighted by atomic mass is 16.5. The standard InChI is InChI=1S/C17H20N6O4/c1-22-15-13(16(25)23(2)17(22)26)20-14(21-15)10-3-5-11(6-4-10)27-9-12(24)19-8-7-18/h3-6H,7-9,18H2,1-2H3,(H,19,24)(H,20,21). The minimum absolute atomic E-state index is 0.109. The third kappa shape index (κ3) is 3.60. The van der Waals surface area contributed by atoms with Gasteiger partial charge in [0.05, 0.1) is 0 Å². The molecule has 2 heterocycles. The van der Waals surface area contributed by atoms with Gasteiger partial charge in [-0.3, -0.25) is 18.7 Å². The van der Waals surface area contributed by atoms with Crippen LogP contribution < -0.4 is 27.0 Å². The van der Waals surface area contributed by atoms with Crippen LogP contribution in [0.4, 0.5) is 0 Å². The number of benzene rings is 1. The summed E-state index contributed by atoms with van der Waals surface area (Å²) in [6.45, 7) is 0.657. The van der Waals surface area contributed by atoms with Crippen molar-refractivity contribution < 1.29 is 9.53 Å². The molecule has 0 radical (unpaired) electrons. The van der Waals surface area contributed by atoms with Crippen LogP contribution in [0.3, 0.4) is 0 Å². The van der Waals surface area contributed by atoms with Gasteiger partial charge >= 0.3 is 5.69 Å². The molecular formula is C17H20N6O4. The number of rotatable bonds is 6. The summed E-state index contributed by atoms with van der Waals surface area (Å²) in [5.41, 5.74) is 5.69. The van der Waals surface area contributed by atoms with E-state index in [1.54, 1.807) is 31.3 Å². The molecule has 0 aliphatic rings. The van der Waals surface area contributed by atoms with E-state index in [0.29, 0.717) is 30.2 Å². The molecule has 0 saturated carbocycles. The van der Waals surface area contributed by atoms with Gasteiger partial charge in [0.25, 0.3) is 11.5 Å². The number of aryl methyl sites for hydroxylation is 1. The number of nitrogens with one attached hydrogen (secondary N) is 2.